The number of hydrogen-bond donors (Lipinski definition) is 0. The first-order chi connectivity index (χ1) is 13.2. The molecule has 0 aliphatic rings. The fourth-order valence-electron chi connectivity index (χ4n) is 2.64. The van der Waals surface area contributed by atoms with Crippen LogP contribution in [-0.4, -0.2) is 18.5 Å². The third kappa shape index (κ3) is 11.8. The van der Waals surface area contributed by atoms with E-state index in [1.165, 1.54) is 0 Å². The minimum absolute atomic E-state index is 0.0864. The van der Waals surface area contributed by atoms with Crippen LogP contribution < -0.4 is 4.74 Å². The lowest BCUT2D eigenvalue weighted by Crippen LogP contribution is -2.07. The summed E-state index contributed by atoms with van der Waals surface area (Å²) in [6.45, 7) is 2.67. The van der Waals surface area contributed by atoms with Crippen LogP contribution in [0.25, 0.3) is 0 Å². The average molecular weight is 373 g/mol. The van der Waals surface area contributed by atoms with E-state index in [4.69, 9.17) is 14.7 Å². The monoisotopic (exact) mass is 373 g/mol. The standard InChI is InChI=1S/C22H31NO4/c1-2-3-10-17-26-21(24)11-8-6-4-5-7-9-12-22(25)27-20-15-13-19(18-23)14-16-20/h13-16H,2-12,17H2,1H3. The van der Waals surface area contributed by atoms with Gasteiger partial charge in [-0.3, -0.25) is 9.59 Å². The molecule has 0 aliphatic heterocycles. The number of nitrogens with zero attached hydrogens (tertiary/aromatic N) is 1. The van der Waals surface area contributed by atoms with Crippen molar-refractivity contribution in [2.75, 3.05) is 6.61 Å². The number of nitriles is 1. The number of benzene rings is 1. The highest BCUT2D eigenvalue weighted by molar-refractivity contribution is 5.72. The highest BCUT2D eigenvalue weighted by Gasteiger charge is 2.05. The lowest BCUT2D eigenvalue weighted by molar-refractivity contribution is -0.144. The summed E-state index contributed by atoms with van der Waals surface area (Å²) in [5, 5.41) is 8.73. The van der Waals surface area contributed by atoms with Crippen LogP contribution in [0.5, 0.6) is 5.75 Å². The lowest BCUT2D eigenvalue weighted by atomic mass is 10.1. The zero-order chi connectivity index (χ0) is 19.7. The summed E-state index contributed by atoms with van der Waals surface area (Å²) in [6, 6.07) is 8.54. The Morgan fingerprint density at radius 3 is 2.04 bits per heavy atom. The predicted molar refractivity (Wildman–Crippen MR) is 104 cm³/mol. The Hall–Kier alpha value is -2.35. The highest BCUT2D eigenvalue weighted by atomic mass is 16.5. The molecule has 0 spiro atoms. The molecular formula is C22H31NO4. The van der Waals surface area contributed by atoms with Crippen molar-refractivity contribution in [3.63, 3.8) is 0 Å². The summed E-state index contributed by atoms with van der Waals surface area (Å²) in [5.74, 6) is 0.141. The molecule has 0 atom stereocenters. The summed E-state index contributed by atoms with van der Waals surface area (Å²) in [7, 11) is 0. The average Bonchev–Trinajstić information content (AvgIpc) is 2.68. The van der Waals surface area contributed by atoms with E-state index in [-0.39, 0.29) is 11.9 Å². The van der Waals surface area contributed by atoms with Crippen LogP contribution >= 0.6 is 0 Å². The van der Waals surface area contributed by atoms with E-state index in [2.05, 4.69) is 6.92 Å². The zero-order valence-electron chi connectivity index (χ0n) is 16.4. The molecule has 1 rings (SSSR count). The molecule has 5 nitrogen and oxygen atoms in total. The van der Waals surface area contributed by atoms with Gasteiger partial charge in [0, 0.05) is 12.8 Å². The van der Waals surface area contributed by atoms with Gasteiger partial charge in [-0.1, -0.05) is 45.4 Å². The van der Waals surface area contributed by atoms with Crippen molar-refractivity contribution in [1.82, 2.24) is 0 Å². The van der Waals surface area contributed by atoms with Crippen molar-refractivity contribution in [2.45, 2.75) is 77.6 Å². The van der Waals surface area contributed by atoms with E-state index in [1.54, 1.807) is 24.3 Å². The second-order valence-corrected chi connectivity index (χ2v) is 6.66. The largest absolute Gasteiger partial charge is 0.466 e. The molecule has 27 heavy (non-hydrogen) atoms. The minimum atomic E-state index is -0.245. The van der Waals surface area contributed by atoms with Gasteiger partial charge >= 0.3 is 11.9 Å². The van der Waals surface area contributed by atoms with Crippen LogP contribution in [-0.2, 0) is 14.3 Å². The second-order valence-electron chi connectivity index (χ2n) is 6.66. The van der Waals surface area contributed by atoms with Crippen LogP contribution in [0.15, 0.2) is 24.3 Å². The van der Waals surface area contributed by atoms with Crippen LogP contribution in [0.2, 0.25) is 0 Å². The Labute approximate surface area is 162 Å². The summed E-state index contributed by atoms with van der Waals surface area (Å²) in [4.78, 5) is 23.3. The Morgan fingerprint density at radius 2 is 1.44 bits per heavy atom. The molecular weight excluding hydrogens is 342 g/mol. The van der Waals surface area contributed by atoms with E-state index >= 15 is 0 Å². The van der Waals surface area contributed by atoms with Gasteiger partial charge in [0.1, 0.15) is 5.75 Å². The Balaban J connectivity index is 1.95. The first-order valence-corrected chi connectivity index (χ1v) is 10.0. The van der Waals surface area contributed by atoms with E-state index < -0.39 is 0 Å². The molecule has 0 saturated heterocycles. The van der Waals surface area contributed by atoms with Crippen LogP contribution in [0.4, 0.5) is 0 Å². The SMILES string of the molecule is CCCCCOC(=O)CCCCCCCCC(=O)Oc1ccc(C#N)cc1. The molecule has 0 bridgehead atoms. The fraction of sp³-hybridized carbons (Fsp3) is 0.591. The first-order valence-electron chi connectivity index (χ1n) is 10.0. The molecule has 0 aromatic heterocycles. The summed E-state index contributed by atoms with van der Waals surface area (Å²) < 4.78 is 10.4. The van der Waals surface area contributed by atoms with Gasteiger partial charge in [-0.25, -0.2) is 0 Å². The van der Waals surface area contributed by atoms with Gasteiger partial charge in [-0.2, -0.15) is 5.26 Å². The molecule has 5 heteroatoms. The molecule has 1 aromatic carbocycles. The number of rotatable bonds is 14. The van der Waals surface area contributed by atoms with Gasteiger partial charge in [0.25, 0.3) is 0 Å². The molecule has 0 aliphatic carbocycles. The quantitative estimate of drug-likeness (QED) is 0.251. The maximum Gasteiger partial charge on any atom is 0.311 e. The predicted octanol–water partition coefficient (Wildman–Crippen LogP) is 5.32. The molecule has 0 radical (unpaired) electrons. The van der Waals surface area contributed by atoms with Gasteiger partial charge in [0.2, 0.25) is 0 Å². The fourth-order valence-corrected chi connectivity index (χ4v) is 2.64. The zero-order valence-corrected chi connectivity index (χ0v) is 16.4. The van der Waals surface area contributed by atoms with Gasteiger partial charge in [-0.05, 0) is 43.5 Å². The second kappa shape index (κ2) is 14.8. The Kier molecular flexibility index (Phi) is 12.4. The molecule has 0 N–H and O–H groups in total. The molecule has 0 amide bonds. The number of hydrogen-bond acceptors (Lipinski definition) is 5. The normalized spacial score (nSPS) is 10.2. The molecule has 1 aromatic rings. The van der Waals surface area contributed by atoms with Crippen molar-refractivity contribution in [2.24, 2.45) is 0 Å². The molecule has 0 fully saturated rings. The number of esters is 2. The Bertz CT molecular complexity index is 589. The third-order valence-electron chi connectivity index (χ3n) is 4.24. The van der Waals surface area contributed by atoms with Crippen molar-refractivity contribution < 1.29 is 19.1 Å². The van der Waals surface area contributed by atoms with Crippen LogP contribution in [0.3, 0.4) is 0 Å². The number of carbonyl (C=O) groups is 2. The topological polar surface area (TPSA) is 76.4 Å². The number of carbonyl (C=O) groups excluding carboxylic acids is 2. The number of ether oxygens (including phenoxy) is 2. The first kappa shape index (κ1) is 22.7. The summed E-state index contributed by atoms with van der Waals surface area (Å²) >= 11 is 0. The van der Waals surface area contributed by atoms with E-state index in [1.807, 2.05) is 6.07 Å². The third-order valence-corrected chi connectivity index (χ3v) is 4.24. The van der Waals surface area contributed by atoms with E-state index in [0.29, 0.717) is 30.8 Å². The van der Waals surface area contributed by atoms with Gasteiger partial charge in [0.05, 0.1) is 18.2 Å². The maximum absolute atomic E-state index is 11.8. The van der Waals surface area contributed by atoms with Crippen molar-refractivity contribution in [1.29, 1.82) is 5.26 Å². The van der Waals surface area contributed by atoms with E-state index in [0.717, 1.165) is 57.8 Å². The lowest BCUT2D eigenvalue weighted by Gasteiger charge is -2.05. The highest BCUT2D eigenvalue weighted by Crippen LogP contribution is 2.14. The number of unbranched alkanes of at least 4 members (excludes halogenated alkanes) is 7. The summed E-state index contributed by atoms with van der Waals surface area (Å²) in [5.41, 5.74) is 0.541. The maximum atomic E-state index is 11.8. The smallest absolute Gasteiger partial charge is 0.311 e. The minimum Gasteiger partial charge on any atom is -0.466 e. The van der Waals surface area contributed by atoms with Gasteiger partial charge in [-0.15, -0.1) is 0 Å². The van der Waals surface area contributed by atoms with Crippen molar-refractivity contribution >= 4 is 11.9 Å². The molecule has 0 heterocycles. The summed E-state index contributed by atoms with van der Waals surface area (Å²) in [6.07, 6.45) is 9.86. The molecule has 148 valence electrons. The van der Waals surface area contributed by atoms with Crippen LogP contribution in [0.1, 0.15) is 83.1 Å². The molecule has 0 saturated carbocycles. The Morgan fingerprint density at radius 1 is 0.852 bits per heavy atom. The van der Waals surface area contributed by atoms with Gasteiger partial charge in [0.15, 0.2) is 0 Å². The van der Waals surface area contributed by atoms with Crippen molar-refractivity contribution in [3.05, 3.63) is 29.8 Å². The van der Waals surface area contributed by atoms with Crippen molar-refractivity contribution in [3.8, 4) is 11.8 Å². The molecule has 0 unspecified atom stereocenters. The van der Waals surface area contributed by atoms with Gasteiger partial charge < -0.3 is 9.47 Å². The van der Waals surface area contributed by atoms with Crippen LogP contribution in [0, 0.1) is 11.3 Å². The van der Waals surface area contributed by atoms with E-state index in [9.17, 15) is 9.59 Å².